The smallest absolute Gasteiger partial charge is 0.343 e. The van der Waals surface area contributed by atoms with Gasteiger partial charge in [-0.25, -0.2) is 4.79 Å². The Labute approximate surface area is 233 Å². The van der Waals surface area contributed by atoms with Crippen LogP contribution in [0, 0.1) is 16.0 Å². The molecule has 2 aliphatic rings. The van der Waals surface area contributed by atoms with Crippen LogP contribution in [-0.2, 0) is 5.41 Å². The molecular weight excluding hydrogens is 500 g/mol. The third-order valence-corrected chi connectivity index (χ3v) is 8.34. The fourth-order valence-corrected chi connectivity index (χ4v) is 5.98. The number of fused-ring (bicyclic) bond motifs is 3. The van der Waals surface area contributed by atoms with Crippen LogP contribution >= 0.6 is 0 Å². The van der Waals surface area contributed by atoms with Gasteiger partial charge in [-0.2, -0.15) is 0 Å². The van der Waals surface area contributed by atoms with Crippen LogP contribution in [0.1, 0.15) is 64.8 Å². The number of rotatable bonds is 6. The van der Waals surface area contributed by atoms with E-state index in [1.54, 1.807) is 18.2 Å². The molecule has 1 aliphatic heterocycles. The number of carbonyl (C=O) groups excluding carboxylic acids is 1. The summed E-state index contributed by atoms with van der Waals surface area (Å²) in [7, 11) is 0. The minimum absolute atomic E-state index is 0.0183. The molecule has 0 amide bonds. The first kappa shape index (κ1) is 25.6. The van der Waals surface area contributed by atoms with Gasteiger partial charge in [0.1, 0.15) is 5.75 Å². The van der Waals surface area contributed by atoms with Crippen LogP contribution in [-0.4, -0.2) is 10.9 Å². The van der Waals surface area contributed by atoms with E-state index >= 15 is 0 Å². The first-order chi connectivity index (χ1) is 19.3. The predicted molar refractivity (Wildman–Crippen MR) is 156 cm³/mol. The molecular formula is C34H30N2O4. The first-order valence-corrected chi connectivity index (χ1v) is 13.5. The number of anilines is 1. The number of nitro benzene ring substituents is 1. The van der Waals surface area contributed by atoms with Crippen LogP contribution < -0.4 is 10.1 Å². The average Bonchev–Trinajstić information content (AvgIpc) is 3.48. The summed E-state index contributed by atoms with van der Waals surface area (Å²) in [6.07, 6.45) is 5.26. The highest BCUT2D eigenvalue weighted by molar-refractivity contribution is 5.92. The lowest BCUT2D eigenvalue weighted by Crippen LogP contribution is -2.29. The summed E-state index contributed by atoms with van der Waals surface area (Å²) in [5.41, 5.74) is 5.80. The molecule has 1 heterocycles. The molecule has 0 fully saturated rings. The maximum atomic E-state index is 13.2. The lowest BCUT2D eigenvalue weighted by Gasteiger charge is -2.37. The fourth-order valence-electron chi connectivity index (χ4n) is 5.98. The molecule has 4 aromatic rings. The molecule has 0 spiro atoms. The summed E-state index contributed by atoms with van der Waals surface area (Å²) in [6.45, 7) is 4.36. The zero-order chi connectivity index (χ0) is 27.9. The molecule has 0 aromatic heterocycles. The molecule has 40 heavy (non-hydrogen) atoms. The molecule has 1 aliphatic carbocycles. The van der Waals surface area contributed by atoms with Gasteiger partial charge in [0.25, 0.3) is 5.69 Å². The lowest BCUT2D eigenvalue weighted by atomic mass is 9.76. The Bertz CT molecular complexity index is 1590. The van der Waals surface area contributed by atoms with Crippen LogP contribution in [0.2, 0.25) is 0 Å². The van der Waals surface area contributed by atoms with Gasteiger partial charge < -0.3 is 10.1 Å². The number of allylic oxidation sites excluding steroid dienone is 2. The number of non-ortho nitro benzene ring substituents is 1. The Kier molecular flexibility index (Phi) is 6.46. The zero-order valence-electron chi connectivity index (χ0n) is 22.4. The molecule has 6 heteroatoms. The van der Waals surface area contributed by atoms with Crippen molar-refractivity contribution >= 4 is 17.3 Å². The van der Waals surface area contributed by atoms with Crippen molar-refractivity contribution in [3.05, 3.63) is 147 Å². The highest BCUT2D eigenvalue weighted by atomic mass is 16.6. The minimum atomic E-state index is -0.395. The third kappa shape index (κ3) is 4.66. The van der Waals surface area contributed by atoms with E-state index in [0.29, 0.717) is 11.3 Å². The average molecular weight is 531 g/mol. The first-order valence-electron chi connectivity index (χ1n) is 13.5. The van der Waals surface area contributed by atoms with Gasteiger partial charge in [-0.15, -0.1) is 0 Å². The highest BCUT2D eigenvalue weighted by Crippen LogP contribution is 2.50. The van der Waals surface area contributed by atoms with Crippen molar-refractivity contribution in [1.82, 2.24) is 0 Å². The van der Waals surface area contributed by atoms with Crippen molar-refractivity contribution in [2.45, 2.75) is 37.6 Å². The molecule has 6 nitrogen and oxygen atoms in total. The van der Waals surface area contributed by atoms with E-state index in [2.05, 4.69) is 43.4 Å². The van der Waals surface area contributed by atoms with Crippen LogP contribution in [0.25, 0.3) is 0 Å². The van der Waals surface area contributed by atoms with E-state index in [1.165, 1.54) is 5.56 Å². The molecule has 3 atom stereocenters. The Morgan fingerprint density at radius 3 is 2.33 bits per heavy atom. The van der Waals surface area contributed by atoms with E-state index in [-0.39, 0.29) is 33.9 Å². The van der Waals surface area contributed by atoms with E-state index < -0.39 is 5.97 Å². The number of benzene rings is 4. The Morgan fingerprint density at radius 2 is 1.62 bits per heavy atom. The second kappa shape index (κ2) is 10.1. The lowest BCUT2D eigenvalue weighted by molar-refractivity contribution is -0.384. The van der Waals surface area contributed by atoms with E-state index in [9.17, 15) is 14.9 Å². The maximum Gasteiger partial charge on any atom is 0.343 e. The second-order valence-corrected chi connectivity index (χ2v) is 11.0. The third-order valence-electron chi connectivity index (χ3n) is 8.34. The van der Waals surface area contributed by atoms with Gasteiger partial charge in [0, 0.05) is 29.2 Å². The van der Waals surface area contributed by atoms with Crippen molar-refractivity contribution in [3.63, 3.8) is 0 Å². The minimum Gasteiger partial charge on any atom is -0.423 e. The molecule has 6 rings (SSSR count). The topological polar surface area (TPSA) is 81.5 Å². The SMILES string of the molecule is CC(C)(c1ccccc1)c1ccc(OC(=O)c2ccc3c(c2)[C@@H]2C=CC[C@H]2[C@@H](c2ccc([N+](=O)[O-])cc2)N3)cc1. The van der Waals surface area contributed by atoms with Crippen molar-refractivity contribution in [2.75, 3.05) is 5.32 Å². The summed E-state index contributed by atoms with van der Waals surface area (Å²) in [6, 6.07) is 30.5. The molecule has 0 unspecified atom stereocenters. The van der Waals surface area contributed by atoms with Gasteiger partial charge in [-0.1, -0.05) is 80.6 Å². The van der Waals surface area contributed by atoms with Crippen molar-refractivity contribution in [2.24, 2.45) is 5.92 Å². The molecule has 0 radical (unpaired) electrons. The summed E-state index contributed by atoms with van der Waals surface area (Å²) in [4.78, 5) is 23.9. The molecule has 0 saturated heterocycles. The van der Waals surface area contributed by atoms with Crippen LogP contribution in [0.15, 0.2) is 109 Å². The number of nitrogens with one attached hydrogen (secondary N) is 1. The number of esters is 1. The number of carbonyl (C=O) groups is 1. The molecule has 0 bridgehead atoms. The van der Waals surface area contributed by atoms with Crippen molar-refractivity contribution in [1.29, 1.82) is 0 Å². The predicted octanol–water partition coefficient (Wildman–Crippen LogP) is 7.97. The monoisotopic (exact) mass is 530 g/mol. The van der Waals surface area contributed by atoms with Crippen LogP contribution in [0.4, 0.5) is 11.4 Å². The summed E-state index contributed by atoms with van der Waals surface area (Å²) < 4.78 is 5.76. The number of nitro groups is 1. The van der Waals surface area contributed by atoms with Crippen LogP contribution in [0.5, 0.6) is 5.75 Å². The second-order valence-electron chi connectivity index (χ2n) is 11.0. The van der Waals surface area contributed by atoms with Gasteiger partial charge in [0.15, 0.2) is 0 Å². The zero-order valence-corrected chi connectivity index (χ0v) is 22.4. The van der Waals surface area contributed by atoms with Gasteiger partial charge in [0.2, 0.25) is 0 Å². The van der Waals surface area contributed by atoms with E-state index in [0.717, 1.165) is 28.8 Å². The Morgan fingerprint density at radius 1 is 0.925 bits per heavy atom. The molecule has 4 aromatic carbocycles. The van der Waals surface area contributed by atoms with E-state index in [4.69, 9.17) is 4.74 Å². The quantitative estimate of drug-likeness (QED) is 0.0899. The number of hydrogen-bond acceptors (Lipinski definition) is 5. The molecule has 200 valence electrons. The van der Waals surface area contributed by atoms with E-state index in [1.807, 2.05) is 66.7 Å². The highest BCUT2D eigenvalue weighted by Gasteiger charge is 2.38. The normalized spacial score (nSPS) is 19.3. The summed E-state index contributed by atoms with van der Waals surface area (Å²) >= 11 is 0. The van der Waals surface area contributed by atoms with Gasteiger partial charge in [-0.3, -0.25) is 10.1 Å². The Hall–Kier alpha value is -4.71. The summed E-state index contributed by atoms with van der Waals surface area (Å²) in [5, 5.41) is 14.7. The number of hydrogen-bond donors (Lipinski definition) is 1. The Balaban J connectivity index is 1.20. The molecule has 0 saturated carbocycles. The fraction of sp³-hybridized carbons (Fsp3) is 0.206. The standard InChI is InChI=1S/C34H30N2O4/c1-34(2,24-7-4-3-5-8-24)25-14-18-27(19-15-25)40-33(37)23-13-20-31-30(21-23)28-9-6-10-29(28)32(35-31)22-11-16-26(17-12-22)36(38)39/h3-9,11-21,28-29,32,35H,10H2,1-2H3/t28-,29-,32-/m1/s1. The van der Waals surface area contributed by atoms with Crippen LogP contribution in [0.3, 0.4) is 0 Å². The van der Waals surface area contributed by atoms with Gasteiger partial charge in [-0.05, 0) is 64.9 Å². The molecule has 1 N–H and O–H groups in total. The largest absolute Gasteiger partial charge is 0.423 e. The van der Waals surface area contributed by atoms with Crippen molar-refractivity contribution < 1.29 is 14.5 Å². The van der Waals surface area contributed by atoms with Gasteiger partial charge >= 0.3 is 5.97 Å². The number of nitrogens with zero attached hydrogens (tertiary/aromatic N) is 1. The maximum absolute atomic E-state index is 13.2. The van der Waals surface area contributed by atoms with Gasteiger partial charge in [0.05, 0.1) is 16.5 Å². The summed E-state index contributed by atoms with van der Waals surface area (Å²) in [5.74, 6) is 0.503. The number of ether oxygens (including phenoxy) is 1. The van der Waals surface area contributed by atoms with Crippen molar-refractivity contribution in [3.8, 4) is 5.75 Å².